The molecule has 0 aliphatic rings. The van der Waals surface area contributed by atoms with E-state index < -0.39 is 5.97 Å². The van der Waals surface area contributed by atoms with E-state index >= 15 is 0 Å². The second-order valence-corrected chi connectivity index (χ2v) is 2.96. The predicted molar refractivity (Wildman–Crippen MR) is 48.1 cm³/mol. The first-order valence-corrected chi connectivity index (χ1v) is 3.92. The highest BCUT2D eigenvalue weighted by Gasteiger charge is 2.10. The minimum absolute atomic E-state index is 0.0706. The summed E-state index contributed by atoms with van der Waals surface area (Å²) in [5.74, 6) is -1.05. The van der Waals surface area contributed by atoms with Gasteiger partial charge in [0.05, 0.1) is 27.9 Å². The zero-order valence-corrected chi connectivity index (χ0v) is 7.17. The number of carboxylic acids is 1. The van der Waals surface area contributed by atoms with E-state index in [1.54, 1.807) is 6.07 Å². The van der Waals surface area contributed by atoms with Crippen LogP contribution in [-0.4, -0.2) is 21.0 Å². The van der Waals surface area contributed by atoms with Crippen LogP contribution in [0.2, 0.25) is 5.02 Å². The van der Waals surface area contributed by atoms with Crippen molar-refractivity contribution in [3.05, 3.63) is 29.0 Å². The Kier molecular flexibility index (Phi) is 1.70. The molecule has 2 rings (SSSR count). The van der Waals surface area contributed by atoms with E-state index in [4.69, 9.17) is 16.7 Å². The Morgan fingerprint density at radius 1 is 1.54 bits per heavy atom. The molecule has 4 nitrogen and oxygen atoms in total. The number of hydrogen-bond acceptors (Lipinski definition) is 2. The Bertz CT molecular complexity index is 478. The molecule has 2 N–H and O–H groups in total. The highest BCUT2D eigenvalue weighted by Crippen LogP contribution is 2.21. The van der Waals surface area contributed by atoms with E-state index in [0.717, 1.165) is 5.52 Å². The van der Waals surface area contributed by atoms with Gasteiger partial charge in [-0.05, 0) is 12.1 Å². The van der Waals surface area contributed by atoms with Gasteiger partial charge >= 0.3 is 5.97 Å². The second-order valence-electron chi connectivity index (χ2n) is 2.56. The zero-order valence-electron chi connectivity index (χ0n) is 6.41. The summed E-state index contributed by atoms with van der Waals surface area (Å²) in [5.41, 5.74) is 1.40. The molecule has 0 saturated heterocycles. The van der Waals surface area contributed by atoms with Gasteiger partial charge in [-0.2, -0.15) is 0 Å². The third-order valence-corrected chi connectivity index (χ3v) is 2.05. The number of benzene rings is 1. The Morgan fingerprint density at radius 2 is 2.31 bits per heavy atom. The van der Waals surface area contributed by atoms with Gasteiger partial charge in [0.15, 0.2) is 0 Å². The van der Waals surface area contributed by atoms with Crippen molar-refractivity contribution < 1.29 is 9.90 Å². The number of fused-ring (bicyclic) bond motifs is 1. The summed E-state index contributed by atoms with van der Waals surface area (Å²) < 4.78 is 0. The Balaban J connectivity index is 2.76. The summed E-state index contributed by atoms with van der Waals surface area (Å²) in [4.78, 5) is 17.4. The van der Waals surface area contributed by atoms with Gasteiger partial charge in [0.25, 0.3) is 0 Å². The lowest BCUT2D eigenvalue weighted by Crippen LogP contribution is -1.96. The molecule has 13 heavy (non-hydrogen) atoms. The molecular formula is C8H5ClN2O2. The van der Waals surface area contributed by atoms with Crippen LogP contribution in [0.4, 0.5) is 0 Å². The van der Waals surface area contributed by atoms with Gasteiger partial charge < -0.3 is 10.1 Å². The third kappa shape index (κ3) is 1.25. The summed E-state index contributed by atoms with van der Waals surface area (Å²) >= 11 is 5.73. The molecule has 0 saturated carbocycles. The van der Waals surface area contributed by atoms with Crippen LogP contribution in [0.5, 0.6) is 0 Å². The van der Waals surface area contributed by atoms with Gasteiger partial charge in [-0.25, -0.2) is 9.78 Å². The van der Waals surface area contributed by atoms with Crippen molar-refractivity contribution in [2.75, 3.05) is 0 Å². The number of halogens is 1. The number of nitrogens with one attached hydrogen (secondary N) is 1. The van der Waals surface area contributed by atoms with Crippen molar-refractivity contribution in [2.45, 2.75) is 0 Å². The van der Waals surface area contributed by atoms with Crippen LogP contribution in [0, 0.1) is 0 Å². The maximum absolute atomic E-state index is 10.7. The number of carbonyl (C=O) groups is 1. The van der Waals surface area contributed by atoms with Crippen LogP contribution < -0.4 is 0 Å². The van der Waals surface area contributed by atoms with Crippen LogP contribution in [0.25, 0.3) is 11.0 Å². The highest BCUT2D eigenvalue weighted by atomic mass is 35.5. The first-order valence-electron chi connectivity index (χ1n) is 3.54. The average Bonchev–Trinajstić information content (AvgIpc) is 2.48. The van der Waals surface area contributed by atoms with Crippen LogP contribution in [0.1, 0.15) is 10.4 Å². The third-order valence-electron chi connectivity index (χ3n) is 1.74. The van der Waals surface area contributed by atoms with Crippen LogP contribution in [0.15, 0.2) is 18.5 Å². The number of aromatic carboxylic acids is 1. The van der Waals surface area contributed by atoms with Crippen molar-refractivity contribution in [1.29, 1.82) is 0 Å². The lowest BCUT2D eigenvalue weighted by molar-refractivity contribution is 0.0697. The second kappa shape index (κ2) is 2.74. The average molecular weight is 197 g/mol. The Labute approximate surface area is 78.2 Å². The van der Waals surface area contributed by atoms with E-state index in [9.17, 15) is 4.79 Å². The molecule has 0 bridgehead atoms. The summed E-state index contributed by atoms with van der Waals surface area (Å²) in [6.07, 6.45) is 1.49. The Hall–Kier alpha value is -1.55. The quantitative estimate of drug-likeness (QED) is 0.732. The number of carboxylic acid groups (broad SMARTS) is 1. The highest BCUT2D eigenvalue weighted by molar-refractivity contribution is 6.34. The molecule has 0 unspecified atom stereocenters. The van der Waals surface area contributed by atoms with Gasteiger partial charge in [0.2, 0.25) is 0 Å². The fourth-order valence-electron chi connectivity index (χ4n) is 1.12. The van der Waals surface area contributed by atoms with Crippen molar-refractivity contribution in [3.63, 3.8) is 0 Å². The van der Waals surface area contributed by atoms with Crippen LogP contribution in [-0.2, 0) is 0 Å². The molecule has 0 aliphatic carbocycles. The molecule has 0 aliphatic heterocycles. The van der Waals surface area contributed by atoms with Gasteiger partial charge in [0, 0.05) is 0 Å². The molecule has 0 fully saturated rings. The van der Waals surface area contributed by atoms with Crippen LogP contribution in [0.3, 0.4) is 0 Å². The summed E-state index contributed by atoms with van der Waals surface area (Å²) in [7, 11) is 0. The minimum atomic E-state index is -1.05. The van der Waals surface area contributed by atoms with Crippen molar-refractivity contribution in [3.8, 4) is 0 Å². The van der Waals surface area contributed by atoms with E-state index in [1.807, 2.05) is 0 Å². The van der Waals surface area contributed by atoms with Crippen molar-refractivity contribution >= 4 is 28.6 Å². The summed E-state index contributed by atoms with van der Waals surface area (Å²) in [6, 6.07) is 2.99. The van der Waals surface area contributed by atoms with Crippen molar-refractivity contribution in [2.24, 2.45) is 0 Å². The van der Waals surface area contributed by atoms with Crippen molar-refractivity contribution in [1.82, 2.24) is 9.97 Å². The van der Waals surface area contributed by atoms with Gasteiger partial charge in [0.1, 0.15) is 0 Å². The molecule has 1 heterocycles. The normalized spacial score (nSPS) is 10.5. The molecule has 5 heteroatoms. The first kappa shape index (κ1) is 8.07. The molecule has 0 atom stereocenters. The molecular weight excluding hydrogens is 192 g/mol. The molecule has 1 aromatic heterocycles. The summed E-state index contributed by atoms with van der Waals surface area (Å²) in [6.45, 7) is 0. The van der Waals surface area contributed by atoms with E-state index in [1.165, 1.54) is 12.4 Å². The minimum Gasteiger partial charge on any atom is -0.478 e. The standard InChI is InChI=1S/C8H5ClN2O2/c9-5-2-7-6(10-3-11-7)1-4(5)8(12)13/h1-3H,(H,10,11)(H,12,13). The maximum atomic E-state index is 10.7. The largest absolute Gasteiger partial charge is 0.478 e. The van der Waals surface area contributed by atoms with Crippen LogP contribution >= 0.6 is 11.6 Å². The smallest absolute Gasteiger partial charge is 0.337 e. The van der Waals surface area contributed by atoms with Gasteiger partial charge in [-0.3, -0.25) is 0 Å². The summed E-state index contributed by atoms with van der Waals surface area (Å²) in [5, 5.41) is 8.95. The SMILES string of the molecule is O=C(O)c1cc2nc[nH]c2cc1Cl. The van der Waals surface area contributed by atoms with E-state index in [-0.39, 0.29) is 10.6 Å². The number of hydrogen-bond donors (Lipinski definition) is 2. The van der Waals surface area contributed by atoms with E-state index in [0.29, 0.717) is 5.52 Å². The van der Waals surface area contributed by atoms with Gasteiger partial charge in [-0.15, -0.1) is 0 Å². The zero-order chi connectivity index (χ0) is 9.42. The predicted octanol–water partition coefficient (Wildman–Crippen LogP) is 1.91. The monoisotopic (exact) mass is 196 g/mol. The fourth-order valence-corrected chi connectivity index (χ4v) is 1.36. The number of H-pyrrole nitrogens is 1. The number of aromatic nitrogens is 2. The Morgan fingerprint density at radius 3 is 3.00 bits per heavy atom. The van der Waals surface area contributed by atoms with Gasteiger partial charge in [-0.1, -0.05) is 11.6 Å². The molecule has 1 aromatic carbocycles. The maximum Gasteiger partial charge on any atom is 0.337 e. The first-order chi connectivity index (χ1) is 6.18. The molecule has 0 radical (unpaired) electrons. The number of nitrogens with zero attached hydrogens (tertiary/aromatic N) is 1. The fraction of sp³-hybridized carbons (Fsp3) is 0. The number of imidazole rings is 1. The molecule has 2 aromatic rings. The van der Waals surface area contributed by atoms with E-state index in [2.05, 4.69) is 9.97 Å². The molecule has 0 spiro atoms. The number of rotatable bonds is 1. The lowest BCUT2D eigenvalue weighted by atomic mass is 10.2. The number of aromatic amines is 1. The lowest BCUT2D eigenvalue weighted by Gasteiger charge is -1.97. The molecule has 66 valence electrons. The molecule has 0 amide bonds. The topological polar surface area (TPSA) is 66.0 Å².